The fourth-order valence-electron chi connectivity index (χ4n) is 2.75. The van der Waals surface area contributed by atoms with Gasteiger partial charge < -0.3 is 15.4 Å². The summed E-state index contributed by atoms with van der Waals surface area (Å²) in [6.07, 6.45) is 3.18. The molecule has 2 aliphatic heterocycles. The first-order valence-corrected chi connectivity index (χ1v) is 6.37. The number of nitrogen functional groups attached to an aromatic ring is 1. The lowest BCUT2D eigenvalue weighted by atomic mass is 10.1. The average Bonchev–Trinajstić information content (AvgIpc) is 2.69. The molecule has 0 aliphatic carbocycles. The molecule has 0 atom stereocenters. The number of piperidine rings is 1. The highest BCUT2D eigenvalue weighted by atomic mass is 16.5. The van der Waals surface area contributed by atoms with Crippen molar-refractivity contribution in [1.82, 2.24) is 14.7 Å². The summed E-state index contributed by atoms with van der Waals surface area (Å²) in [5.74, 6) is 0.828. The number of nitrogens with zero attached hydrogens (tertiary/aromatic N) is 3. The number of likely N-dealkylation sites (tertiary alicyclic amines) is 1. The second-order valence-corrected chi connectivity index (χ2v) is 5.09. The van der Waals surface area contributed by atoms with Crippen molar-refractivity contribution in [2.45, 2.75) is 31.9 Å². The molecule has 17 heavy (non-hydrogen) atoms. The van der Waals surface area contributed by atoms with E-state index in [1.807, 2.05) is 4.68 Å². The summed E-state index contributed by atoms with van der Waals surface area (Å²) in [7, 11) is 2.17. The van der Waals surface area contributed by atoms with E-state index in [1.165, 1.54) is 0 Å². The van der Waals surface area contributed by atoms with Gasteiger partial charge in [-0.1, -0.05) is 0 Å². The molecular weight excluding hydrogens is 216 g/mol. The van der Waals surface area contributed by atoms with Crippen LogP contribution in [0.3, 0.4) is 0 Å². The number of nitrogens with two attached hydrogens (primary N) is 1. The smallest absolute Gasteiger partial charge is 0.127 e. The Balaban J connectivity index is 1.85. The van der Waals surface area contributed by atoms with E-state index in [0.29, 0.717) is 12.6 Å². The van der Waals surface area contributed by atoms with Crippen molar-refractivity contribution in [3.05, 3.63) is 11.3 Å². The molecule has 5 heteroatoms. The fourth-order valence-corrected chi connectivity index (χ4v) is 2.75. The molecule has 3 heterocycles. The molecule has 2 N–H and O–H groups in total. The Morgan fingerprint density at radius 3 is 2.82 bits per heavy atom. The lowest BCUT2D eigenvalue weighted by Crippen LogP contribution is -2.32. The Bertz CT molecular complexity index is 407. The van der Waals surface area contributed by atoms with Gasteiger partial charge in [0.2, 0.25) is 0 Å². The first-order chi connectivity index (χ1) is 8.25. The number of hydrogen-bond acceptors (Lipinski definition) is 4. The van der Waals surface area contributed by atoms with Crippen LogP contribution in [0.5, 0.6) is 0 Å². The molecule has 0 saturated carbocycles. The van der Waals surface area contributed by atoms with Crippen LogP contribution < -0.4 is 5.73 Å². The van der Waals surface area contributed by atoms with Crippen molar-refractivity contribution in [3.8, 4) is 0 Å². The SMILES string of the molecule is CN1CCC(n2nc3c(c2N)COCC3)CC1. The van der Waals surface area contributed by atoms with Crippen molar-refractivity contribution in [3.63, 3.8) is 0 Å². The molecule has 0 spiro atoms. The van der Waals surface area contributed by atoms with Crippen LogP contribution in [0.4, 0.5) is 5.82 Å². The Morgan fingerprint density at radius 1 is 1.35 bits per heavy atom. The van der Waals surface area contributed by atoms with Crippen molar-refractivity contribution in [2.75, 3.05) is 32.5 Å². The van der Waals surface area contributed by atoms with E-state index < -0.39 is 0 Å². The quantitative estimate of drug-likeness (QED) is 0.784. The van der Waals surface area contributed by atoms with Crippen LogP contribution in [0, 0.1) is 0 Å². The maximum absolute atomic E-state index is 6.20. The summed E-state index contributed by atoms with van der Waals surface area (Å²) in [4.78, 5) is 2.36. The van der Waals surface area contributed by atoms with Gasteiger partial charge in [-0.3, -0.25) is 0 Å². The standard InChI is InChI=1S/C12H20N4O/c1-15-5-2-9(3-6-15)16-12(13)10-8-17-7-4-11(10)14-16/h9H,2-8,13H2,1H3. The number of rotatable bonds is 1. The van der Waals surface area contributed by atoms with Gasteiger partial charge in [-0.25, -0.2) is 4.68 Å². The van der Waals surface area contributed by atoms with E-state index >= 15 is 0 Å². The largest absolute Gasteiger partial charge is 0.384 e. The average molecular weight is 236 g/mol. The molecule has 3 rings (SSSR count). The Morgan fingerprint density at radius 2 is 2.12 bits per heavy atom. The predicted octanol–water partition coefficient (Wildman–Crippen LogP) is 0.805. The second kappa shape index (κ2) is 4.31. The highest BCUT2D eigenvalue weighted by Crippen LogP contribution is 2.29. The van der Waals surface area contributed by atoms with E-state index in [0.717, 1.165) is 56.0 Å². The van der Waals surface area contributed by atoms with E-state index in [-0.39, 0.29) is 0 Å². The van der Waals surface area contributed by atoms with Gasteiger partial charge in [0.05, 0.1) is 24.9 Å². The van der Waals surface area contributed by atoms with Gasteiger partial charge in [-0.15, -0.1) is 0 Å². The number of anilines is 1. The third-order valence-electron chi connectivity index (χ3n) is 3.90. The van der Waals surface area contributed by atoms with Crippen LogP contribution in [0.2, 0.25) is 0 Å². The fraction of sp³-hybridized carbons (Fsp3) is 0.750. The molecule has 94 valence electrons. The maximum atomic E-state index is 6.20. The van der Waals surface area contributed by atoms with Crippen molar-refractivity contribution in [2.24, 2.45) is 0 Å². The lowest BCUT2D eigenvalue weighted by Gasteiger charge is -2.29. The van der Waals surface area contributed by atoms with Gasteiger partial charge in [0.25, 0.3) is 0 Å². The molecule has 2 aliphatic rings. The van der Waals surface area contributed by atoms with E-state index in [1.54, 1.807) is 0 Å². The molecule has 1 fully saturated rings. The topological polar surface area (TPSA) is 56.3 Å². The van der Waals surface area contributed by atoms with Gasteiger partial charge >= 0.3 is 0 Å². The monoisotopic (exact) mass is 236 g/mol. The van der Waals surface area contributed by atoms with E-state index in [2.05, 4.69) is 11.9 Å². The van der Waals surface area contributed by atoms with Crippen molar-refractivity contribution < 1.29 is 4.74 Å². The molecule has 1 saturated heterocycles. The minimum Gasteiger partial charge on any atom is -0.384 e. The maximum Gasteiger partial charge on any atom is 0.127 e. The zero-order valence-electron chi connectivity index (χ0n) is 10.4. The number of fused-ring (bicyclic) bond motifs is 1. The van der Waals surface area contributed by atoms with Gasteiger partial charge in [0.15, 0.2) is 0 Å². The number of ether oxygens (including phenoxy) is 1. The zero-order valence-corrected chi connectivity index (χ0v) is 10.4. The minimum absolute atomic E-state index is 0.469. The molecule has 0 radical (unpaired) electrons. The van der Waals surface area contributed by atoms with Crippen LogP contribution in [-0.4, -0.2) is 41.4 Å². The van der Waals surface area contributed by atoms with Crippen LogP contribution in [0.25, 0.3) is 0 Å². The van der Waals surface area contributed by atoms with Gasteiger partial charge in [0, 0.05) is 12.0 Å². The van der Waals surface area contributed by atoms with Gasteiger partial charge in [-0.05, 0) is 33.0 Å². The van der Waals surface area contributed by atoms with Gasteiger partial charge in [0.1, 0.15) is 5.82 Å². The molecule has 1 aromatic rings. The minimum atomic E-state index is 0.469. The summed E-state index contributed by atoms with van der Waals surface area (Å²) in [5.41, 5.74) is 8.46. The highest BCUT2D eigenvalue weighted by molar-refractivity contribution is 5.44. The molecule has 0 aromatic carbocycles. The zero-order chi connectivity index (χ0) is 11.8. The first-order valence-electron chi connectivity index (χ1n) is 6.37. The number of aromatic nitrogens is 2. The molecule has 0 bridgehead atoms. The molecule has 0 amide bonds. The molecule has 5 nitrogen and oxygen atoms in total. The van der Waals surface area contributed by atoms with Crippen molar-refractivity contribution in [1.29, 1.82) is 0 Å². The molecule has 0 unspecified atom stereocenters. The van der Waals surface area contributed by atoms with Crippen LogP contribution in [0.1, 0.15) is 30.1 Å². The van der Waals surface area contributed by atoms with Crippen LogP contribution in [-0.2, 0) is 17.8 Å². The Hall–Kier alpha value is -1.07. The normalized spacial score (nSPS) is 22.6. The highest BCUT2D eigenvalue weighted by Gasteiger charge is 2.25. The summed E-state index contributed by atoms with van der Waals surface area (Å²) < 4.78 is 7.50. The summed E-state index contributed by atoms with van der Waals surface area (Å²) in [5, 5.41) is 4.69. The van der Waals surface area contributed by atoms with Crippen molar-refractivity contribution >= 4 is 5.82 Å². The third-order valence-corrected chi connectivity index (χ3v) is 3.90. The van der Waals surface area contributed by atoms with E-state index in [4.69, 9.17) is 15.6 Å². The van der Waals surface area contributed by atoms with E-state index in [9.17, 15) is 0 Å². The summed E-state index contributed by atoms with van der Waals surface area (Å²) in [6, 6.07) is 0.469. The Kier molecular flexibility index (Phi) is 2.80. The molecule has 1 aromatic heterocycles. The molecular formula is C12H20N4O. The third kappa shape index (κ3) is 1.93. The number of hydrogen-bond donors (Lipinski definition) is 1. The van der Waals surface area contributed by atoms with Crippen LogP contribution in [0.15, 0.2) is 0 Å². The lowest BCUT2D eigenvalue weighted by molar-refractivity contribution is 0.110. The van der Waals surface area contributed by atoms with Crippen LogP contribution >= 0.6 is 0 Å². The summed E-state index contributed by atoms with van der Waals surface area (Å²) >= 11 is 0. The summed E-state index contributed by atoms with van der Waals surface area (Å²) in [6.45, 7) is 3.67. The second-order valence-electron chi connectivity index (χ2n) is 5.09. The van der Waals surface area contributed by atoms with Gasteiger partial charge in [-0.2, -0.15) is 5.10 Å². The Labute approximate surface area is 102 Å². The first kappa shape index (κ1) is 11.0. The predicted molar refractivity (Wildman–Crippen MR) is 65.8 cm³/mol.